The van der Waals surface area contributed by atoms with Crippen LogP contribution >= 0.6 is 22.9 Å². The van der Waals surface area contributed by atoms with Crippen LogP contribution < -0.4 is 5.32 Å². The minimum atomic E-state index is -4.36. The van der Waals surface area contributed by atoms with Gasteiger partial charge < -0.3 is 5.32 Å². The van der Waals surface area contributed by atoms with Crippen molar-refractivity contribution in [3.8, 4) is 10.6 Å². The summed E-state index contributed by atoms with van der Waals surface area (Å²) in [6.07, 6.45) is -3.55. The summed E-state index contributed by atoms with van der Waals surface area (Å²) in [4.78, 5) is 16.4. The van der Waals surface area contributed by atoms with Crippen molar-refractivity contribution in [1.29, 1.82) is 0 Å². The van der Waals surface area contributed by atoms with Crippen LogP contribution in [0.2, 0.25) is 5.02 Å². The first-order valence-corrected chi connectivity index (χ1v) is 9.70. The summed E-state index contributed by atoms with van der Waals surface area (Å²) in [7, 11) is 0. The maximum absolute atomic E-state index is 12.6. The van der Waals surface area contributed by atoms with Crippen LogP contribution in [0.3, 0.4) is 0 Å². The second-order valence-corrected chi connectivity index (χ2v) is 7.42. The molecule has 0 saturated heterocycles. The lowest BCUT2D eigenvalue weighted by atomic mass is 10.1. The molecule has 8 heteroatoms. The van der Waals surface area contributed by atoms with E-state index in [1.165, 1.54) is 23.5 Å². The van der Waals surface area contributed by atoms with Gasteiger partial charge >= 0.3 is 6.18 Å². The Morgan fingerprint density at radius 2 is 1.75 bits per heavy atom. The van der Waals surface area contributed by atoms with Gasteiger partial charge in [0.05, 0.1) is 17.7 Å². The van der Waals surface area contributed by atoms with Gasteiger partial charge in [-0.15, -0.1) is 11.3 Å². The fraction of sp³-hybridized carbons (Fsp3) is 0.200. The number of carbonyl (C=O) groups is 1. The first kappa shape index (κ1) is 20.4. The van der Waals surface area contributed by atoms with Crippen LogP contribution in [0.25, 0.3) is 10.6 Å². The fourth-order valence-corrected chi connectivity index (χ4v) is 3.50. The van der Waals surface area contributed by atoms with Gasteiger partial charge in [0.1, 0.15) is 5.01 Å². The molecule has 3 aromatic rings. The molecule has 1 N–H and O–H groups in total. The molecule has 1 amide bonds. The second-order valence-electron chi connectivity index (χ2n) is 6.12. The number of amides is 1. The molecule has 0 spiro atoms. The Morgan fingerprint density at radius 3 is 2.39 bits per heavy atom. The quantitative estimate of drug-likeness (QED) is 0.577. The summed E-state index contributed by atoms with van der Waals surface area (Å²) in [6.45, 7) is 0.496. The van der Waals surface area contributed by atoms with Gasteiger partial charge in [0.2, 0.25) is 5.91 Å². The lowest BCUT2D eigenvalue weighted by Crippen LogP contribution is -2.27. The average Bonchev–Trinajstić information content (AvgIpc) is 3.11. The van der Waals surface area contributed by atoms with Crippen molar-refractivity contribution < 1.29 is 18.0 Å². The van der Waals surface area contributed by atoms with Crippen molar-refractivity contribution in [2.45, 2.75) is 19.0 Å². The number of nitrogens with zero attached hydrogens (tertiary/aromatic N) is 1. The Bertz CT molecular complexity index is 937. The lowest BCUT2D eigenvalue weighted by molar-refractivity contribution is -0.137. The Morgan fingerprint density at radius 1 is 1.07 bits per heavy atom. The van der Waals surface area contributed by atoms with Gasteiger partial charge in [-0.3, -0.25) is 4.79 Å². The summed E-state index contributed by atoms with van der Waals surface area (Å²) >= 11 is 7.13. The molecule has 0 atom stereocenters. The molecule has 0 saturated carbocycles. The van der Waals surface area contributed by atoms with Crippen LogP contribution in [0.4, 0.5) is 13.2 Å². The second kappa shape index (κ2) is 8.75. The SMILES string of the molecule is O=C(Cc1csc(-c2ccc(C(F)(F)F)cc2)n1)NCCc1ccc(Cl)cc1. The summed E-state index contributed by atoms with van der Waals surface area (Å²) < 4.78 is 37.9. The van der Waals surface area contributed by atoms with Gasteiger partial charge in [-0.1, -0.05) is 35.9 Å². The molecule has 0 fully saturated rings. The molecular weight excluding hydrogens is 409 g/mol. The van der Waals surface area contributed by atoms with Gasteiger partial charge in [-0.2, -0.15) is 13.2 Å². The van der Waals surface area contributed by atoms with Crippen LogP contribution in [-0.2, 0) is 23.8 Å². The normalized spacial score (nSPS) is 11.4. The molecule has 3 rings (SSSR count). The summed E-state index contributed by atoms with van der Waals surface area (Å²) in [5, 5.41) is 5.82. The highest BCUT2D eigenvalue weighted by atomic mass is 35.5. The van der Waals surface area contributed by atoms with Crippen molar-refractivity contribution in [2.24, 2.45) is 0 Å². The van der Waals surface area contributed by atoms with Gasteiger partial charge in [0.15, 0.2) is 0 Å². The maximum atomic E-state index is 12.6. The third-order valence-corrected chi connectivity index (χ3v) is 5.19. The number of carbonyl (C=O) groups excluding carboxylic acids is 1. The highest BCUT2D eigenvalue weighted by Gasteiger charge is 2.30. The average molecular weight is 425 g/mol. The molecule has 0 aliphatic carbocycles. The highest BCUT2D eigenvalue weighted by Crippen LogP contribution is 2.31. The number of rotatable bonds is 6. The summed E-state index contributed by atoms with van der Waals surface area (Å²) in [5.41, 5.74) is 1.55. The van der Waals surface area contributed by atoms with Crippen LogP contribution in [0.1, 0.15) is 16.8 Å². The van der Waals surface area contributed by atoms with E-state index in [4.69, 9.17) is 11.6 Å². The van der Waals surface area contributed by atoms with E-state index in [0.717, 1.165) is 17.7 Å². The van der Waals surface area contributed by atoms with Crippen LogP contribution in [0.5, 0.6) is 0 Å². The Labute approximate surface area is 169 Å². The number of nitrogens with one attached hydrogen (secondary N) is 1. The molecule has 146 valence electrons. The highest BCUT2D eigenvalue weighted by molar-refractivity contribution is 7.13. The number of halogens is 4. The molecule has 0 aliphatic rings. The lowest BCUT2D eigenvalue weighted by Gasteiger charge is -2.06. The molecule has 28 heavy (non-hydrogen) atoms. The van der Waals surface area contributed by atoms with Gasteiger partial charge in [0, 0.05) is 22.5 Å². The number of benzene rings is 2. The van der Waals surface area contributed by atoms with E-state index in [1.807, 2.05) is 12.1 Å². The fourth-order valence-electron chi connectivity index (χ4n) is 2.55. The van der Waals surface area contributed by atoms with Crippen molar-refractivity contribution in [3.05, 3.63) is 75.8 Å². The zero-order valence-corrected chi connectivity index (χ0v) is 16.2. The standard InChI is InChI=1S/C20H16ClF3N2OS/c21-16-7-1-13(2-8-16)9-10-25-18(27)11-17-12-28-19(26-17)14-3-5-15(6-4-14)20(22,23)24/h1-8,12H,9-11H2,(H,25,27). The van der Waals surface area contributed by atoms with E-state index in [-0.39, 0.29) is 12.3 Å². The number of alkyl halides is 3. The number of aromatic nitrogens is 1. The van der Waals surface area contributed by atoms with E-state index in [9.17, 15) is 18.0 Å². The number of hydrogen-bond donors (Lipinski definition) is 1. The number of thiazole rings is 1. The van der Waals surface area contributed by atoms with E-state index in [2.05, 4.69) is 10.3 Å². The predicted molar refractivity (Wildman–Crippen MR) is 104 cm³/mol. The Hall–Kier alpha value is -2.38. The zero-order valence-electron chi connectivity index (χ0n) is 14.6. The van der Waals surface area contributed by atoms with Crippen LogP contribution in [0.15, 0.2) is 53.9 Å². The van der Waals surface area contributed by atoms with Crippen molar-refractivity contribution in [1.82, 2.24) is 10.3 Å². The third-order valence-electron chi connectivity index (χ3n) is 4.00. The van der Waals surface area contributed by atoms with Crippen molar-refractivity contribution >= 4 is 28.8 Å². The minimum absolute atomic E-state index is 0.123. The molecule has 3 nitrogen and oxygen atoms in total. The molecule has 0 radical (unpaired) electrons. The first-order valence-electron chi connectivity index (χ1n) is 8.44. The Kier molecular flexibility index (Phi) is 6.36. The predicted octanol–water partition coefficient (Wildman–Crippen LogP) is 5.38. The van der Waals surface area contributed by atoms with Gasteiger partial charge in [-0.25, -0.2) is 4.98 Å². The molecule has 0 bridgehead atoms. The van der Waals surface area contributed by atoms with Crippen LogP contribution in [0, 0.1) is 0 Å². The Balaban J connectivity index is 1.52. The largest absolute Gasteiger partial charge is 0.416 e. The maximum Gasteiger partial charge on any atom is 0.416 e. The van der Waals surface area contributed by atoms with E-state index < -0.39 is 11.7 Å². The smallest absolute Gasteiger partial charge is 0.355 e. The third kappa shape index (κ3) is 5.56. The topological polar surface area (TPSA) is 42.0 Å². The van der Waals surface area contributed by atoms with Crippen molar-refractivity contribution in [3.63, 3.8) is 0 Å². The monoisotopic (exact) mass is 424 g/mol. The molecule has 0 unspecified atom stereocenters. The number of hydrogen-bond acceptors (Lipinski definition) is 3. The van der Waals surface area contributed by atoms with E-state index in [0.29, 0.717) is 34.3 Å². The van der Waals surface area contributed by atoms with Crippen LogP contribution in [-0.4, -0.2) is 17.4 Å². The molecule has 1 heterocycles. The molecule has 2 aromatic carbocycles. The zero-order chi connectivity index (χ0) is 20.1. The molecule has 0 aliphatic heterocycles. The summed E-state index contributed by atoms with van der Waals surface area (Å²) in [6, 6.07) is 12.2. The van der Waals surface area contributed by atoms with Gasteiger partial charge in [0.25, 0.3) is 0 Å². The first-order chi connectivity index (χ1) is 13.3. The summed E-state index contributed by atoms with van der Waals surface area (Å²) in [5.74, 6) is -0.154. The van der Waals surface area contributed by atoms with E-state index >= 15 is 0 Å². The minimum Gasteiger partial charge on any atom is -0.355 e. The molecule has 1 aromatic heterocycles. The van der Waals surface area contributed by atoms with E-state index in [1.54, 1.807) is 17.5 Å². The molecular formula is C20H16ClF3N2OS. The van der Waals surface area contributed by atoms with Crippen molar-refractivity contribution in [2.75, 3.05) is 6.54 Å². The van der Waals surface area contributed by atoms with Gasteiger partial charge in [-0.05, 0) is 36.2 Å².